The molecule has 4 unspecified atom stereocenters. The number of hydrogen-bond acceptors (Lipinski definition) is 9. The number of imide groups is 1. The molecule has 0 bridgehead atoms. The fraction of sp³-hybridized carbons (Fsp3) is 0.455. The van der Waals surface area contributed by atoms with Gasteiger partial charge in [-0.05, 0) is 119 Å². The summed E-state index contributed by atoms with van der Waals surface area (Å²) < 4.78 is 47.4. The van der Waals surface area contributed by atoms with Gasteiger partial charge in [-0.3, -0.25) is 34.0 Å². The van der Waals surface area contributed by atoms with Crippen LogP contribution in [0.4, 0.5) is 24.8 Å². The molecule has 0 radical (unpaired) electrons. The van der Waals surface area contributed by atoms with Crippen LogP contribution < -0.4 is 26.8 Å². The zero-order valence-corrected chi connectivity index (χ0v) is 32.7. The number of alkyl halides is 1. The van der Waals surface area contributed by atoms with Crippen LogP contribution in [0.3, 0.4) is 0 Å². The number of likely N-dealkylation sites (tertiary alicyclic amines) is 1. The van der Waals surface area contributed by atoms with E-state index in [0.29, 0.717) is 73.6 Å². The van der Waals surface area contributed by atoms with E-state index in [4.69, 9.17) is 0 Å². The highest BCUT2D eigenvalue weighted by Gasteiger charge is 2.39. The molecule has 4 N–H and O–H groups in total. The molecule has 2 aliphatic heterocycles. The third-order valence-electron chi connectivity index (χ3n) is 12.5. The predicted octanol–water partition coefficient (Wildman–Crippen LogP) is 6.02. The van der Waals surface area contributed by atoms with Crippen molar-refractivity contribution in [3.05, 3.63) is 101 Å². The highest BCUT2D eigenvalue weighted by Crippen LogP contribution is 2.37. The molecule has 8 rings (SSSR count). The minimum Gasteiger partial charge on any atom is -0.374 e. The molecule has 15 heteroatoms. The Bertz CT molecular complexity index is 2240. The van der Waals surface area contributed by atoms with E-state index in [1.54, 1.807) is 54.7 Å². The Morgan fingerprint density at radius 2 is 1.61 bits per heavy atom. The summed E-state index contributed by atoms with van der Waals surface area (Å²) in [7, 11) is 0. The lowest BCUT2D eigenvalue weighted by Crippen LogP contribution is -2.51. The third kappa shape index (κ3) is 9.35. The van der Waals surface area contributed by atoms with E-state index in [1.165, 1.54) is 16.7 Å². The number of aromatic nitrogens is 3. The first-order valence-corrected chi connectivity index (χ1v) is 20.7. The number of pyridine rings is 1. The number of anilines is 2. The Balaban J connectivity index is 0.775. The quantitative estimate of drug-likeness (QED) is 0.141. The number of benzene rings is 2. The monoisotopic (exact) mass is 810 g/mol. The Kier molecular flexibility index (Phi) is 12.1. The van der Waals surface area contributed by atoms with Crippen LogP contribution in [0.25, 0.3) is 16.9 Å². The zero-order chi connectivity index (χ0) is 41.0. The SMILES string of the molecule is O=C1CCC(Nc2ccc(C3CCN(C4CCC(C(=O)NC5CCC(Nc6ncc(F)c(-c7cccc(-n8ccccc8=O)c7)n6)CC5)CC4F)CC3)c(F)c2)C(=O)N1. The molecule has 2 aromatic heterocycles. The van der Waals surface area contributed by atoms with Crippen molar-refractivity contribution in [2.75, 3.05) is 23.7 Å². The summed E-state index contributed by atoms with van der Waals surface area (Å²) in [6.07, 6.45) is 7.98. The Morgan fingerprint density at radius 1 is 0.814 bits per heavy atom. The summed E-state index contributed by atoms with van der Waals surface area (Å²) in [5.41, 5.74) is 2.13. The molecule has 4 heterocycles. The van der Waals surface area contributed by atoms with E-state index >= 15 is 8.78 Å². The number of nitrogens with one attached hydrogen (secondary N) is 4. The molecule has 12 nitrogen and oxygen atoms in total. The van der Waals surface area contributed by atoms with E-state index in [2.05, 4.69) is 36.1 Å². The lowest BCUT2D eigenvalue weighted by molar-refractivity contribution is -0.133. The number of rotatable bonds is 10. The van der Waals surface area contributed by atoms with Gasteiger partial charge in [-0.15, -0.1) is 0 Å². The van der Waals surface area contributed by atoms with Gasteiger partial charge in [0.05, 0.1) is 6.20 Å². The van der Waals surface area contributed by atoms with Gasteiger partial charge in [0, 0.05) is 59.7 Å². The van der Waals surface area contributed by atoms with E-state index in [9.17, 15) is 23.6 Å². The minimum atomic E-state index is -1.13. The first-order valence-electron chi connectivity index (χ1n) is 20.7. The molecule has 3 amide bonds. The first-order chi connectivity index (χ1) is 28.6. The Labute approximate surface area is 340 Å². The number of carbonyl (C=O) groups excluding carboxylic acids is 3. The van der Waals surface area contributed by atoms with E-state index in [1.807, 2.05) is 0 Å². The lowest BCUT2D eigenvalue weighted by atomic mass is 9.81. The van der Waals surface area contributed by atoms with Crippen molar-refractivity contribution in [2.45, 2.75) is 107 Å². The van der Waals surface area contributed by atoms with Crippen LogP contribution in [0.2, 0.25) is 0 Å². The molecular formula is C44H49F3N8O4. The standard InChI is InChI=1S/C44H49F3N8O4/c45-34-24-31(49-37-14-16-39(56)52-43(37)59)12-13-33(34)26-17-20-54(21-18-26)38-15-7-28(23-35(38)46)42(58)50-29-8-10-30(11-9-29)51-44-48-25-36(47)41(53-44)27-4-3-5-32(22-27)55-19-2-1-6-40(55)57/h1-6,12-13,19,22,24-26,28-30,35,37-38,49H,7-11,14-18,20-21,23H2,(H,50,58)(H,48,51,53)(H,52,56,59). The highest BCUT2D eigenvalue weighted by molar-refractivity contribution is 6.01. The van der Waals surface area contributed by atoms with Gasteiger partial charge in [0.1, 0.15) is 23.7 Å². The van der Waals surface area contributed by atoms with Crippen LogP contribution in [0, 0.1) is 17.6 Å². The summed E-state index contributed by atoms with van der Waals surface area (Å²) in [6, 6.07) is 15.9. The molecule has 310 valence electrons. The Hall–Kier alpha value is -5.57. The van der Waals surface area contributed by atoms with Gasteiger partial charge in [0.2, 0.25) is 23.7 Å². The molecule has 2 saturated carbocycles. The average molecular weight is 811 g/mol. The first kappa shape index (κ1) is 40.2. The second-order valence-electron chi connectivity index (χ2n) is 16.3. The normalized spacial score (nSPS) is 25.5. The lowest BCUT2D eigenvalue weighted by Gasteiger charge is -2.42. The van der Waals surface area contributed by atoms with E-state index in [0.717, 1.165) is 31.9 Å². The van der Waals surface area contributed by atoms with Gasteiger partial charge < -0.3 is 16.0 Å². The fourth-order valence-corrected chi connectivity index (χ4v) is 9.24. The summed E-state index contributed by atoms with van der Waals surface area (Å²) in [4.78, 5) is 60.1. The number of piperidine rings is 2. The van der Waals surface area contributed by atoms with Crippen molar-refractivity contribution in [3.63, 3.8) is 0 Å². The largest absolute Gasteiger partial charge is 0.374 e. The highest BCUT2D eigenvalue weighted by atomic mass is 19.1. The Morgan fingerprint density at radius 3 is 2.36 bits per heavy atom. The second-order valence-corrected chi connectivity index (χ2v) is 16.3. The molecule has 2 aliphatic carbocycles. The maximum absolute atomic E-state index is 15.7. The average Bonchev–Trinajstić information content (AvgIpc) is 3.23. The van der Waals surface area contributed by atoms with Gasteiger partial charge in [-0.25, -0.2) is 23.1 Å². The third-order valence-corrected chi connectivity index (χ3v) is 12.5. The number of carbonyl (C=O) groups is 3. The predicted molar refractivity (Wildman–Crippen MR) is 217 cm³/mol. The van der Waals surface area contributed by atoms with Crippen LogP contribution in [0.1, 0.15) is 82.1 Å². The van der Waals surface area contributed by atoms with Crippen molar-refractivity contribution in [1.29, 1.82) is 0 Å². The van der Waals surface area contributed by atoms with Crippen LogP contribution in [0.5, 0.6) is 0 Å². The number of hydrogen-bond donors (Lipinski definition) is 4. The molecule has 2 saturated heterocycles. The van der Waals surface area contributed by atoms with Crippen LogP contribution in [0.15, 0.2) is 77.9 Å². The van der Waals surface area contributed by atoms with Gasteiger partial charge in [-0.2, -0.15) is 0 Å². The van der Waals surface area contributed by atoms with Gasteiger partial charge in [0.15, 0.2) is 5.82 Å². The minimum absolute atomic E-state index is 0.000596. The molecule has 4 aromatic rings. The smallest absolute Gasteiger partial charge is 0.255 e. The van der Waals surface area contributed by atoms with E-state index in [-0.39, 0.29) is 71.7 Å². The molecule has 2 aromatic carbocycles. The maximum Gasteiger partial charge on any atom is 0.255 e. The van der Waals surface area contributed by atoms with Crippen molar-refractivity contribution >= 4 is 29.4 Å². The van der Waals surface area contributed by atoms with Crippen molar-refractivity contribution < 1.29 is 27.6 Å². The summed E-state index contributed by atoms with van der Waals surface area (Å²) in [5.74, 6) is -1.83. The van der Waals surface area contributed by atoms with Crippen LogP contribution >= 0.6 is 0 Å². The topological polar surface area (TPSA) is 150 Å². The number of nitrogens with zero attached hydrogens (tertiary/aromatic N) is 4. The number of halogens is 3. The number of amides is 3. The molecule has 4 fully saturated rings. The summed E-state index contributed by atoms with van der Waals surface area (Å²) in [6.45, 7) is 1.29. The van der Waals surface area contributed by atoms with Crippen molar-refractivity contribution in [1.82, 2.24) is 30.1 Å². The van der Waals surface area contributed by atoms with Gasteiger partial charge >= 0.3 is 0 Å². The zero-order valence-electron chi connectivity index (χ0n) is 32.7. The van der Waals surface area contributed by atoms with Crippen LogP contribution in [-0.4, -0.2) is 80.6 Å². The van der Waals surface area contributed by atoms with Gasteiger partial charge in [0.25, 0.3) is 5.56 Å². The van der Waals surface area contributed by atoms with E-state index < -0.39 is 23.9 Å². The van der Waals surface area contributed by atoms with Gasteiger partial charge in [-0.1, -0.05) is 24.3 Å². The summed E-state index contributed by atoms with van der Waals surface area (Å²) >= 11 is 0. The van der Waals surface area contributed by atoms with Crippen LogP contribution in [-0.2, 0) is 14.4 Å². The summed E-state index contributed by atoms with van der Waals surface area (Å²) in [5, 5.41) is 11.8. The molecular weight excluding hydrogens is 762 g/mol. The molecule has 4 atom stereocenters. The molecule has 59 heavy (non-hydrogen) atoms. The maximum atomic E-state index is 15.7. The fourth-order valence-electron chi connectivity index (χ4n) is 9.24. The molecule has 0 spiro atoms. The van der Waals surface area contributed by atoms with Crippen molar-refractivity contribution in [2.24, 2.45) is 5.92 Å². The second kappa shape index (κ2) is 17.7. The molecule has 4 aliphatic rings. The van der Waals surface area contributed by atoms with Crippen molar-refractivity contribution in [3.8, 4) is 16.9 Å².